The molecule has 2 aromatic rings. The quantitative estimate of drug-likeness (QED) is 0.124. The van der Waals surface area contributed by atoms with Crippen LogP contribution in [-0.2, 0) is 14.4 Å². The van der Waals surface area contributed by atoms with E-state index in [1.54, 1.807) is 36.4 Å². The number of nitrogens with zero attached hydrogens (tertiary/aromatic N) is 1. The summed E-state index contributed by atoms with van der Waals surface area (Å²) >= 11 is 0.862. The van der Waals surface area contributed by atoms with E-state index in [2.05, 4.69) is 25.7 Å². The lowest BCUT2D eigenvalue weighted by molar-refractivity contribution is -0.147. The van der Waals surface area contributed by atoms with Crippen LogP contribution in [0.1, 0.15) is 43.2 Å². The van der Waals surface area contributed by atoms with E-state index < -0.39 is 66.7 Å². The molecule has 2 aromatic carbocycles. The zero-order valence-electron chi connectivity index (χ0n) is 23.3. The molecule has 1 saturated carbocycles. The van der Waals surface area contributed by atoms with Crippen molar-refractivity contribution in [2.24, 2.45) is 22.7 Å². The summed E-state index contributed by atoms with van der Waals surface area (Å²) in [5.74, 6) is -5.74. The standard InChI is InChI=1S/C29H31F4N5O5S/c30-21-8-4-7-19-22(17-5-2-1-3-6-17)35-24(27(41)36-23(19)21)37-25(39)18(11-12-29(31,32)33)20(15-16-9-10-16)26(40)38-44-14-13-34-28(42)43/h1-8,16,18,20,24,34H,9-15H2,(H,36,41)(H,37,39)(H,38,40)(H,42,43)/t18-,20+,24-/m1/s1. The number of hydrogen-bond acceptors (Lipinski definition) is 6. The smallest absolute Gasteiger partial charge is 0.404 e. The Morgan fingerprint density at radius 1 is 1.05 bits per heavy atom. The number of nitrogens with one attached hydrogen (secondary N) is 4. The largest absolute Gasteiger partial charge is 0.465 e. The molecule has 1 aliphatic heterocycles. The molecule has 0 aromatic heterocycles. The molecule has 4 rings (SSSR count). The highest BCUT2D eigenvalue weighted by molar-refractivity contribution is 7.97. The van der Waals surface area contributed by atoms with Crippen LogP contribution in [0.25, 0.3) is 0 Å². The van der Waals surface area contributed by atoms with Crippen LogP contribution in [0.15, 0.2) is 53.5 Å². The van der Waals surface area contributed by atoms with Crippen molar-refractivity contribution in [3.8, 4) is 0 Å². The zero-order valence-corrected chi connectivity index (χ0v) is 24.1. The number of para-hydroxylation sites is 1. The predicted octanol–water partition coefficient (Wildman–Crippen LogP) is 4.46. The molecule has 15 heteroatoms. The number of hydrogen-bond donors (Lipinski definition) is 5. The van der Waals surface area contributed by atoms with Gasteiger partial charge in [0, 0.05) is 35.8 Å². The Balaban J connectivity index is 1.61. The van der Waals surface area contributed by atoms with Crippen molar-refractivity contribution < 1.29 is 41.8 Å². The van der Waals surface area contributed by atoms with Gasteiger partial charge >= 0.3 is 12.3 Å². The summed E-state index contributed by atoms with van der Waals surface area (Å²) < 4.78 is 57.4. The van der Waals surface area contributed by atoms with Gasteiger partial charge in [0.25, 0.3) is 5.91 Å². The van der Waals surface area contributed by atoms with E-state index in [0.717, 1.165) is 30.9 Å². The van der Waals surface area contributed by atoms with E-state index >= 15 is 0 Å². The number of benzene rings is 2. The Hall–Kier alpha value is -4.14. The summed E-state index contributed by atoms with van der Waals surface area (Å²) in [6.45, 7) is 0.00703. The van der Waals surface area contributed by atoms with Gasteiger partial charge in [-0.25, -0.2) is 14.2 Å². The van der Waals surface area contributed by atoms with Gasteiger partial charge in [-0.1, -0.05) is 55.3 Å². The van der Waals surface area contributed by atoms with Gasteiger partial charge in [0.2, 0.25) is 18.0 Å². The topological polar surface area (TPSA) is 149 Å². The van der Waals surface area contributed by atoms with E-state index in [1.165, 1.54) is 6.07 Å². The third-order valence-electron chi connectivity index (χ3n) is 7.19. The monoisotopic (exact) mass is 637 g/mol. The van der Waals surface area contributed by atoms with Crippen molar-refractivity contribution in [2.75, 3.05) is 17.6 Å². The normalized spacial score (nSPS) is 17.7. The fraction of sp³-hybridized carbons (Fsp3) is 0.414. The van der Waals surface area contributed by atoms with Crippen molar-refractivity contribution in [3.05, 3.63) is 65.5 Å². The second-order valence-electron chi connectivity index (χ2n) is 10.5. The fourth-order valence-electron chi connectivity index (χ4n) is 4.87. The fourth-order valence-corrected chi connectivity index (χ4v) is 5.47. The van der Waals surface area contributed by atoms with Crippen LogP contribution in [0, 0.1) is 23.6 Å². The number of fused-ring (bicyclic) bond motifs is 1. The summed E-state index contributed by atoms with van der Waals surface area (Å²) in [4.78, 5) is 55.2. The minimum absolute atomic E-state index is 0.00703. The van der Waals surface area contributed by atoms with Crippen LogP contribution < -0.4 is 20.7 Å². The van der Waals surface area contributed by atoms with E-state index in [4.69, 9.17) is 5.11 Å². The van der Waals surface area contributed by atoms with Gasteiger partial charge in [-0.15, -0.1) is 0 Å². The van der Waals surface area contributed by atoms with Gasteiger partial charge in [-0.2, -0.15) is 13.2 Å². The van der Waals surface area contributed by atoms with Gasteiger partial charge < -0.3 is 21.1 Å². The van der Waals surface area contributed by atoms with E-state index in [9.17, 15) is 36.7 Å². The molecule has 1 aliphatic carbocycles. The van der Waals surface area contributed by atoms with Crippen molar-refractivity contribution >= 4 is 47.2 Å². The highest BCUT2D eigenvalue weighted by atomic mass is 32.2. The number of rotatable bonds is 13. The Morgan fingerprint density at radius 3 is 2.43 bits per heavy atom. The molecule has 0 saturated heterocycles. The number of carbonyl (C=O) groups excluding carboxylic acids is 3. The first-order valence-corrected chi connectivity index (χ1v) is 14.9. The minimum atomic E-state index is -4.62. The van der Waals surface area contributed by atoms with Gasteiger partial charge in [-0.05, 0) is 36.8 Å². The second-order valence-corrected chi connectivity index (χ2v) is 11.4. The van der Waals surface area contributed by atoms with Crippen LogP contribution >= 0.6 is 11.9 Å². The lowest BCUT2D eigenvalue weighted by Crippen LogP contribution is -2.48. The molecule has 0 unspecified atom stereocenters. The summed E-state index contributed by atoms with van der Waals surface area (Å²) in [5.41, 5.74) is 0.763. The van der Waals surface area contributed by atoms with Gasteiger partial charge in [-0.3, -0.25) is 19.1 Å². The molecular weight excluding hydrogens is 606 g/mol. The summed E-state index contributed by atoms with van der Waals surface area (Å²) in [7, 11) is 0. The van der Waals surface area contributed by atoms with Crippen LogP contribution in [0.2, 0.25) is 0 Å². The molecule has 1 heterocycles. The van der Waals surface area contributed by atoms with E-state index in [1.807, 2.05) is 0 Å². The van der Waals surface area contributed by atoms with E-state index in [0.29, 0.717) is 5.56 Å². The summed E-state index contributed by atoms with van der Waals surface area (Å²) in [5, 5.41) is 15.7. The zero-order chi connectivity index (χ0) is 31.9. The highest BCUT2D eigenvalue weighted by Crippen LogP contribution is 2.40. The number of anilines is 1. The first kappa shape index (κ1) is 32.8. The lowest BCUT2D eigenvalue weighted by Gasteiger charge is -2.27. The molecule has 44 heavy (non-hydrogen) atoms. The first-order chi connectivity index (χ1) is 20.9. The minimum Gasteiger partial charge on any atom is -0.465 e. The molecular formula is C29H31F4N5O5S. The Kier molecular flexibility index (Phi) is 10.8. The van der Waals surface area contributed by atoms with Crippen molar-refractivity contribution in [1.29, 1.82) is 0 Å². The summed E-state index contributed by atoms with van der Waals surface area (Å²) in [6.07, 6.45) is -7.90. The molecule has 0 radical (unpaired) electrons. The lowest BCUT2D eigenvalue weighted by atomic mass is 9.83. The average molecular weight is 638 g/mol. The van der Waals surface area contributed by atoms with Gasteiger partial charge in [0.05, 0.1) is 17.3 Å². The van der Waals surface area contributed by atoms with Crippen molar-refractivity contribution in [2.45, 2.75) is 44.4 Å². The molecule has 0 bridgehead atoms. The Labute approximate surface area is 254 Å². The highest BCUT2D eigenvalue weighted by Gasteiger charge is 2.41. The number of carboxylic acid groups (broad SMARTS) is 1. The second kappa shape index (κ2) is 14.6. The molecule has 5 N–H and O–H groups in total. The third kappa shape index (κ3) is 9.18. The average Bonchev–Trinajstić information content (AvgIpc) is 3.80. The molecule has 2 aliphatic rings. The van der Waals surface area contributed by atoms with Gasteiger partial charge in [0.1, 0.15) is 5.82 Å². The molecule has 3 atom stereocenters. The van der Waals surface area contributed by atoms with E-state index in [-0.39, 0.29) is 41.6 Å². The van der Waals surface area contributed by atoms with Crippen LogP contribution in [0.5, 0.6) is 0 Å². The van der Waals surface area contributed by atoms with Crippen molar-refractivity contribution in [1.82, 2.24) is 15.4 Å². The number of carbonyl (C=O) groups is 4. The predicted molar refractivity (Wildman–Crippen MR) is 155 cm³/mol. The van der Waals surface area contributed by atoms with Crippen molar-refractivity contribution in [3.63, 3.8) is 0 Å². The van der Waals surface area contributed by atoms with Crippen LogP contribution in [0.4, 0.5) is 28.0 Å². The summed E-state index contributed by atoms with van der Waals surface area (Å²) in [6, 6.07) is 12.6. The number of alkyl halides is 3. The first-order valence-electron chi connectivity index (χ1n) is 13.9. The van der Waals surface area contributed by atoms with Crippen LogP contribution in [-0.4, -0.2) is 59.3 Å². The maximum Gasteiger partial charge on any atom is 0.404 e. The SMILES string of the molecule is O=C(O)NCCSNC(=O)[C@@H](CC1CC1)[C@@H](CCC(F)(F)F)C(=O)N[C@H]1N=C(c2ccccc2)c2cccc(F)c2NC1=O. The third-order valence-corrected chi connectivity index (χ3v) is 7.94. The van der Waals surface area contributed by atoms with Crippen LogP contribution in [0.3, 0.4) is 0 Å². The number of amides is 4. The molecule has 10 nitrogen and oxygen atoms in total. The maximum absolute atomic E-state index is 14.8. The molecule has 4 amide bonds. The number of benzodiazepines with no additional fused rings is 1. The number of halogens is 4. The Morgan fingerprint density at radius 2 is 1.77 bits per heavy atom. The number of aliphatic imine (C=N–C) groups is 1. The molecule has 0 spiro atoms. The molecule has 1 fully saturated rings. The molecule has 236 valence electrons. The Bertz CT molecular complexity index is 1400. The van der Waals surface area contributed by atoms with Gasteiger partial charge in [0.15, 0.2) is 0 Å². The maximum atomic E-state index is 14.8.